The van der Waals surface area contributed by atoms with Crippen molar-refractivity contribution in [2.24, 2.45) is 0 Å². The largest absolute Gasteiger partial charge is 0.496 e. The molecule has 14 heteroatoms. The summed E-state index contributed by atoms with van der Waals surface area (Å²) in [4.78, 5) is 45.6. The Labute approximate surface area is 256 Å². The van der Waals surface area contributed by atoms with Crippen LogP contribution in [0.2, 0.25) is 0 Å². The summed E-state index contributed by atoms with van der Waals surface area (Å²) < 4.78 is 34.9. The quantitative estimate of drug-likeness (QED) is 0.277. The van der Waals surface area contributed by atoms with Gasteiger partial charge in [0.05, 0.1) is 37.5 Å². The van der Waals surface area contributed by atoms with Crippen LogP contribution in [0.1, 0.15) is 56.4 Å². The summed E-state index contributed by atoms with van der Waals surface area (Å²) in [6.07, 6.45) is 3.62. The highest BCUT2D eigenvalue weighted by atomic mass is 32.1. The van der Waals surface area contributed by atoms with E-state index < -0.39 is 29.2 Å². The zero-order valence-electron chi connectivity index (χ0n) is 25.1. The number of hydrogen-bond acceptors (Lipinski definition) is 9. The lowest BCUT2D eigenvalue weighted by atomic mass is 10.1. The predicted molar refractivity (Wildman–Crippen MR) is 161 cm³/mol. The molecule has 0 bridgehead atoms. The van der Waals surface area contributed by atoms with Crippen molar-refractivity contribution in [1.29, 1.82) is 0 Å². The second-order valence-electron chi connectivity index (χ2n) is 11.4. The van der Waals surface area contributed by atoms with E-state index in [0.29, 0.717) is 71.1 Å². The Morgan fingerprint density at radius 1 is 1.11 bits per heavy atom. The molecule has 0 N–H and O–H groups in total. The standard InChI is InChI=1S/C30H35FN6O6S/c1-17(2)34-12-7-22(26(34)38)36-27(39)25-18(3)28(37-32-10-11-33-37)44-29(25)35(30(36)40)16-24(43-20-8-13-42-14-9-20)21-15-19(31)5-6-23(21)41-4/h5-6,10-11,15,17,20,22,24H,7-9,12-14,16H2,1-4H3/t22?,24-/m0/s1. The maximum Gasteiger partial charge on any atom is 0.332 e. The van der Waals surface area contributed by atoms with Gasteiger partial charge in [0.25, 0.3) is 5.56 Å². The van der Waals surface area contributed by atoms with Crippen LogP contribution in [0.4, 0.5) is 4.39 Å². The number of nitrogens with zero attached hydrogens (tertiary/aromatic N) is 6. The average Bonchev–Trinajstić information content (AvgIpc) is 3.75. The molecule has 6 rings (SSSR count). The Balaban J connectivity index is 1.56. The van der Waals surface area contributed by atoms with E-state index in [2.05, 4.69) is 10.2 Å². The molecule has 1 aromatic carbocycles. The van der Waals surface area contributed by atoms with Crippen LogP contribution in [0.25, 0.3) is 15.2 Å². The predicted octanol–water partition coefficient (Wildman–Crippen LogP) is 3.38. The van der Waals surface area contributed by atoms with Crippen molar-refractivity contribution in [2.45, 2.75) is 70.9 Å². The molecule has 12 nitrogen and oxygen atoms in total. The summed E-state index contributed by atoms with van der Waals surface area (Å²) in [5.74, 6) is -0.342. The summed E-state index contributed by atoms with van der Waals surface area (Å²) >= 11 is 1.20. The first-order chi connectivity index (χ1) is 21.2. The number of fused-ring (bicyclic) bond motifs is 1. The number of carbonyl (C=O) groups excluding carboxylic acids is 1. The van der Waals surface area contributed by atoms with Crippen LogP contribution < -0.4 is 16.0 Å². The third-order valence-corrected chi connectivity index (χ3v) is 9.66. The van der Waals surface area contributed by atoms with Crippen molar-refractivity contribution in [3.8, 4) is 10.8 Å². The lowest BCUT2D eigenvalue weighted by molar-refractivity contribution is -0.131. The van der Waals surface area contributed by atoms with Crippen LogP contribution in [0.5, 0.6) is 5.75 Å². The molecule has 44 heavy (non-hydrogen) atoms. The van der Waals surface area contributed by atoms with E-state index >= 15 is 0 Å². The Hall–Kier alpha value is -3.88. The van der Waals surface area contributed by atoms with E-state index in [9.17, 15) is 18.8 Å². The maximum absolute atomic E-state index is 14.7. The number of halogens is 1. The van der Waals surface area contributed by atoms with Crippen LogP contribution in [0.15, 0.2) is 40.2 Å². The number of aromatic nitrogens is 5. The van der Waals surface area contributed by atoms with Gasteiger partial charge in [0.1, 0.15) is 33.5 Å². The number of amides is 1. The molecule has 5 heterocycles. The highest BCUT2D eigenvalue weighted by Gasteiger charge is 2.38. The highest BCUT2D eigenvalue weighted by Crippen LogP contribution is 2.36. The number of methoxy groups -OCH3 is 1. The van der Waals surface area contributed by atoms with Crippen LogP contribution >= 0.6 is 11.3 Å². The number of likely N-dealkylation sites (tertiary alicyclic amines) is 1. The second-order valence-corrected chi connectivity index (χ2v) is 12.3. The van der Waals surface area contributed by atoms with Crippen molar-refractivity contribution >= 4 is 27.5 Å². The van der Waals surface area contributed by atoms with Gasteiger partial charge in [-0.2, -0.15) is 10.2 Å². The Kier molecular flexibility index (Phi) is 8.40. The molecule has 1 amide bonds. The summed E-state index contributed by atoms with van der Waals surface area (Å²) in [5.41, 5.74) is -0.154. The molecule has 234 valence electrons. The second kappa shape index (κ2) is 12.3. The molecular weight excluding hydrogens is 591 g/mol. The van der Waals surface area contributed by atoms with Crippen molar-refractivity contribution in [2.75, 3.05) is 26.9 Å². The number of benzene rings is 1. The molecule has 2 aliphatic heterocycles. The van der Waals surface area contributed by atoms with Gasteiger partial charge >= 0.3 is 5.69 Å². The first-order valence-corrected chi connectivity index (χ1v) is 15.5. The molecule has 1 unspecified atom stereocenters. The number of rotatable bonds is 9. The van der Waals surface area contributed by atoms with Gasteiger partial charge in [-0.3, -0.25) is 14.2 Å². The van der Waals surface area contributed by atoms with Crippen LogP contribution in [0.3, 0.4) is 0 Å². The fourth-order valence-electron chi connectivity index (χ4n) is 6.12. The topological polar surface area (TPSA) is 123 Å². The third-order valence-electron chi connectivity index (χ3n) is 8.38. The minimum Gasteiger partial charge on any atom is -0.496 e. The smallest absolute Gasteiger partial charge is 0.332 e. The molecule has 0 spiro atoms. The molecule has 0 radical (unpaired) electrons. The SMILES string of the molecule is COc1ccc(F)cc1[C@H](Cn1c(=O)n(C2CCN(C(C)C)C2=O)c(=O)c2c(C)c(-n3nccn3)sc21)OC1CCOCC1. The van der Waals surface area contributed by atoms with E-state index in [1.54, 1.807) is 11.8 Å². The summed E-state index contributed by atoms with van der Waals surface area (Å²) in [6.45, 7) is 7.00. The maximum atomic E-state index is 14.7. The van der Waals surface area contributed by atoms with E-state index in [1.807, 2.05) is 13.8 Å². The lowest BCUT2D eigenvalue weighted by Gasteiger charge is -2.29. The van der Waals surface area contributed by atoms with Gasteiger partial charge in [0.15, 0.2) is 0 Å². The van der Waals surface area contributed by atoms with Gasteiger partial charge in [0.2, 0.25) is 5.91 Å². The van der Waals surface area contributed by atoms with Gasteiger partial charge in [-0.1, -0.05) is 11.3 Å². The van der Waals surface area contributed by atoms with Gasteiger partial charge < -0.3 is 19.1 Å². The Bertz CT molecular complexity index is 1790. The Morgan fingerprint density at radius 2 is 1.84 bits per heavy atom. The molecule has 0 aliphatic carbocycles. The molecule has 2 fully saturated rings. The van der Waals surface area contributed by atoms with Gasteiger partial charge in [-0.25, -0.2) is 13.8 Å². The summed E-state index contributed by atoms with van der Waals surface area (Å²) in [7, 11) is 1.49. The van der Waals surface area contributed by atoms with Gasteiger partial charge in [-0.15, -0.1) is 4.80 Å². The minimum atomic E-state index is -0.947. The first kappa shape index (κ1) is 30.2. The van der Waals surface area contributed by atoms with Crippen LogP contribution in [-0.4, -0.2) is 73.9 Å². The monoisotopic (exact) mass is 626 g/mol. The van der Waals surface area contributed by atoms with E-state index in [4.69, 9.17) is 14.2 Å². The molecule has 4 aromatic rings. The molecule has 2 saturated heterocycles. The Morgan fingerprint density at radius 3 is 2.50 bits per heavy atom. The first-order valence-electron chi connectivity index (χ1n) is 14.7. The number of ether oxygens (including phenoxy) is 3. The molecule has 2 atom stereocenters. The number of hydrogen-bond donors (Lipinski definition) is 0. The fourth-order valence-corrected chi connectivity index (χ4v) is 7.34. The summed E-state index contributed by atoms with van der Waals surface area (Å²) in [6, 6.07) is 3.15. The molecule has 0 saturated carbocycles. The molecule has 3 aromatic heterocycles. The minimum absolute atomic E-state index is 0.0620. The number of carbonyl (C=O) groups is 1. The van der Waals surface area contributed by atoms with Gasteiger partial charge in [-0.05, 0) is 58.2 Å². The third kappa shape index (κ3) is 5.35. The zero-order chi connectivity index (χ0) is 31.1. The van der Waals surface area contributed by atoms with E-state index in [-0.39, 0.29) is 24.6 Å². The number of thiophene rings is 1. The van der Waals surface area contributed by atoms with E-state index in [0.717, 1.165) is 4.57 Å². The fraction of sp³-hybridized carbons (Fsp3) is 0.500. The van der Waals surface area contributed by atoms with E-state index in [1.165, 1.54) is 58.4 Å². The molecule has 2 aliphatic rings. The average molecular weight is 627 g/mol. The van der Waals surface area contributed by atoms with Crippen molar-refractivity contribution in [3.63, 3.8) is 0 Å². The van der Waals surface area contributed by atoms with Crippen molar-refractivity contribution in [3.05, 3.63) is 68.4 Å². The molecular formula is C30H35FN6O6S. The van der Waals surface area contributed by atoms with Crippen molar-refractivity contribution in [1.82, 2.24) is 29.0 Å². The summed E-state index contributed by atoms with van der Waals surface area (Å²) in [5, 5.41) is 9.37. The van der Waals surface area contributed by atoms with Gasteiger partial charge in [0, 0.05) is 36.9 Å². The van der Waals surface area contributed by atoms with Crippen LogP contribution in [0, 0.1) is 12.7 Å². The zero-order valence-corrected chi connectivity index (χ0v) is 25.9. The lowest BCUT2D eigenvalue weighted by Crippen LogP contribution is -2.45. The van der Waals surface area contributed by atoms with Crippen LogP contribution in [-0.2, 0) is 20.8 Å². The highest BCUT2D eigenvalue weighted by molar-refractivity contribution is 7.21. The number of aryl methyl sites for hydroxylation is 1. The van der Waals surface area contributed by atoms with Crippen molar-refractivity contribution < 1.29 is 23.4 Å². The normalized spacial score (nSPS) is 18.5.